The summed E-state index contributed by atoms with van der Waals surface area (Å²) >= 11 is 0. The van der Waals surface area contributed by atoms with Gasteiger partial charge in [-0.2, -0.15) is 4.31 Å². The summed E-state index contributed by atoms with van der Waals surface area (Å²) in [4.78, 5) is 17.2. The molecule has 2 heterocycles. The molecule has 4 N–H and O–H groups in total. The number of hydrogen-bond acceptors (Lipinski definition) is 6. The second kappa shape index (κ2) is 13.3. The monoisotopic (exact) mass is 607 g/mol. The number of nitrogens with two attached hydrogens (primary N) is 1. The van der Waals surface area contributed by atoms with Crippen LogP contribution in [0, 0.1) is 23.3 Å². The van der Waals surface area contributed by atoms with Crippen molar-refractivity contribution in [3.8, 4) is 0 Å². The summed E-state index contributed by atoms with van der Waals surface area (Å²) in [6, 6.07) is 5.83. The van der Waals surface area contributed by atoms with Crippen LogP contribution >= 0.6 is 0 Å². The van der Waals surface area contributed by atoms with Crippen LogP contribution in [-0.2, 0) is 21.2 Å². The van der Waals surface area contributed by atoms with E-state index in [2.05, 4.69) is 15.6 Å². The number of rotatable bonds is 10. The second-order valence-electron chi connectivity index (χ2n) is 10.5. The van der Waals surface area contributed by atoms with Crippen molar-refractivity contribution in [3.63, 3.8) is 0 Å². The molecule has 1 aliphatic heterocycles. The fourth-order valence-electron chi connectivity index (χ4n) is 5.56. The van der Waals surface area contributed by atoms with Gasteiger partial charge in [-0.15, -0.1) is 0 Å². The van der Waals surface area contributed by atoms with Gasteiger partial charge >= 0.3 is 0 Å². The Labute approximate surface area is 242 Å². The topological polar surface area (TPSA) is 117 Å². The van der Waals surface area contributed by atoms with E-state index >= 15 is 0 Å². The van der Waals surface area contributed by atoms with Gasteiger partial charge in [0.15, 0.2) is 0 Å². The molecule has 2 aromatic carbocycles. The van der Waals surface area contributed by atoms with E-state index in [-0.39, 0.29) is 35.3 Å². The highest BCUT2D eigenvalue weighted by Crippen LogP contribution is 2.30. The molecule has 1 aromatic heterocycles. The molecule has 1 fully saturated rings. The number of nitrogens with zero attached hydrogens (tertiary/aromatic N) is 2. The quantitative estimate of drug-likeness (QED) is 0.303. The van der Waals surface area contributed by atoms with E-state index < -0.39 is 51.2 Å². The van der Waals surface area contributed by atoms with Gasteiger partial charge in [-0.1, -0.05) is 12.1 Å². The Bertz CT molecular complexity index is 1500. The molecular weight excluding hydrogens is 574 g/mol. The maximum atomic E-state index is 14.9. The molecule has 226 valence electrons. The highest BCUT2D eigenvalue weighted by molar-refractivity contribution is 7.88. The molecule has 42 heavy (non-hydrogen) atoms. The van der Waals surface area contributed by atoms with Gasteiger partial charge in [0.25, 0.3) is 0 Å². The normalized spacial score (nSPS) is 19.3. The first kappa shape index (κ1) is 31.5. The van der Waals surface area contributed by atoms with Crippen molar-refractivity contribution in [3.05, 3.63) is 94.8 Å². The van der Waals surface area contributed by atoms with Crippen LogP contribution in [0.1, 0.15) is 42.4 Å². The van der Waals surface area contributed by atoms with Gasteiger partial charge in [-0.25, -0.2) is 26.0 Å². The fraction of sp³-hybridized carbons (Fsp3) is 0.379. The predicted octanol–water partition coefficient (Wildman–Crippen LogP) is 3.68. The van der Waals surface area contributed by atoms with Crippen molar-refractivity contribution in [2.24, 2.45) is 5.73 Å². The van der Waals surface area contributed by atoms with Crippen LogP contribution in [0.3, 0.4) is 0 Å². The molecule has 0 radical (unpaired) electrons. The van der Waals surface area contributed by atoms with Crippen LogP contribution in [0.25, 0.3) is 0 Å². The predicted molar refractivity (Wildman–Crippen MR) is 151 cm³/mol. The number of carbonyl (C=O) groups excluding carboxylic acids is 1. The van der Waals surface area contributed by atoms with Gasteiger partial charge in [-0.05, 0) is 61.6 Å². The second-order valence-corrected chi connectivity index (χ2v) is 12.4. The number of benzene rings is 2. The number of hydrogen-bond donors (Lipinski definition) is 3. The summed E-state index contributed by atoms with van der Waals surface area (Å²) in [5.41, 5.74) is 6.95. The van der Waals surface area contributed by atoms with Gasteiger partial charge in [0.1, 0.15) is 23.3 Å². The summed E-state index contributed by atoms with van der Waals surface area (Å²) in [5, 5.41) is 5.81. The van der Waals surface area contributed by atoms with Crippen molar-refractivity contribution in [2.45, 2.75) is 50.2 Å². The van der Waals surface area contributed by atoms with Crippen LogP contribution in [-0.4, -0.2) is 61.1 Å². The Hall–Kier alpha value is -3.39. The standard InChI is InChI=1S/C29H33F4N5O3S/c1-17-13-35-14-23(38(17)42(2,40)41)4-3-5-24-25(33)15-36-16-26(24)37-29(39)28(34)27(18-6-8-20(30)9-7-18)19-10-21(31)12-22(32)11-19/h6-12,15-17,23,27-28,35H,3-5,13-14,34H2,1-2H3,(H,37,39)/t17-,23-,27-,28-/m0/s1. The highest BCUT2D eigenvalue weighted by atomic mass is 32.2. The third kappa shape index (κ3) is 7.51. The third-order valence-electron chi connectivity index (χ3n) is 7.36. The molecule has 0 bridgehead atoms. The molecule has 1 amide bonds. The van der Waals surface area contributed by atoms with Gasteiger partial charge in [0.05, 0.1) is 30.4 Å². The molecule has 0 saturated carbocycles. The van der Waals surface area contributed by atoms with E-state index in [1.165, 1.54) is 28.9 Å². The summed E-state index contributed by atoms with van der Waals surface area (Å²) < 4.78 is 83.0. The van der Waals surface area contributed by atoms with Crippen molar-refractivity contribution in [1.82, 2.24) is 14.6 Å². The maximum Gasteiger partial charge on any atom is 0.242 e. The van der Waals surface area contributed by atoms with Crippen molar-refractivity contribution in [2.75, 3.05) is 24.7 Å². The lowest BCUT2D eigenvalue weighted by Gasteiger charge is -2.39. The highest BCUT2D eigenvalue weighted by Gasteiger charge is 2.34. The molecular formula is C29H33F4N5O3S. The van der Waals surface area contributed by atoms with Gasteiger partial charge in [0.2, 0.25) is 15.9 Å². The summed E-state index contributed by atoms with van der Waals surface area (Å²) in [6.45, 7) is 2.80. The number of amides is 1. The molecule has 1 saturated heterocycles. The van der Waals surface area contributed by atoms with E-state index in [0.29, 0.717) is 37.6 Å². The van der Waals surface area contributed by atoms with Crippen LogP contribution in [0.5, 0.6) is 0 Å². The lowest BCUT2D eigenvalue weighted by Crippen LogP contribution is -2.57. The zero-order valence-corrected chi connectivity index (χ0v) is 24.0. The smallest absolute Gasteiger partial charge is 0.242 e. The minimum atomic E-state index is -3.45. The number of pyridine rings is 1. The van der Waals surface area contributed by atoms with E-state index in [9.17, 15) is 30.8 Å². The minimum absolute atomic E-state index is 0.0603. The zero-order valence-electron chi connectivity index (χ0n) is 23.2. The Morgan fingerprint density at radius 1 is 1.05 bits per heavy atom. The Kier molecular flexibility index (Phi) is 9.97. The summed E-state index contributed by atoms with van der Waals surface area (Å²) in [5.74, 6) is -4.82. The van der Waals surface area contributed by atoms with E-state index in [0.717, 1.165) is 30.5 Å². The minimum Gasteiger partial charge on any atom is -0.323 e. The van der Waals surface area contributed by atoms with Crippen LogP contribution in [0.15, 0.2) is 54.9 Å². The number of anilines is 1. The Morgan fingerprint density at radius 3 is 2.36 bits per heavy atom. The largest absolute Gasteiger partial charge is 0.323 e. The lowest BCUT2D eigenvalue weighted by atomic mass is 9.84. The van der Waals surface area contributed by atoms with Crippen LogP contribution in [0.2, 0.25) is 0 Å². The number of carbonyl (C=O) groups is 1. The van der Waals surface area contributed by atoms with Crippen molar-refractivity contribution in [1.29, 1.82) is 0 Å². The van der Waals surface area contributed by atoms with Crippen molar-refractivity contribution >= 4 is 21.6 Å². The van der Waals surface area contributed by atoms with Gasteiger partial charge in [0, 0.05) is 42.7 Å². The maximum absolute atomic E-state index is 14.9. The average molecular weight is 608 g/mol. The first-order valence-electron chi connectivity index (χ1n) is 13.4. The number of aromatic nitrogens is 1. The molecule has 13 heteroatoms. The number of sulfonamides is 1. The fourth-order valence-corrected chi connectivity index (χ4v) is 7.01. The molecule has 0 spiro atoms. The molecule has 8 nitrogen and oxygen atoms in total. The molecule has 1 aliphatic rings. The molecule has 4 rings (SSSR count). The van der Waals surface area contributed by atoms with Crippen molar-refractivity contribution < 1.29 is 30.8 Å². The number of nitrogens with one attached hydrogen (secondary N) is 2. The van der Waals surface area contributed by atoms with Gasteiger partial charge in [-0.3, -0.25) is 9.78 Å². The molecule has 0 unspecified atom stereocenters. The molecule has 4 atom stereocenters. The SMILES string of the molecule is C[C@H]1CNC[C@H](CCCc2c(F)cncc2NC(=O)[C@@H](N)[C@@H](c2ccc(F)cc2)c2cc(F)cc(F)c2)N1S(C)(=O)=O. The first-order valence-corrected chi connectivity index (χ1v) is 15.3. The Morgan fingerprint density at radius 2 is 1.71 bits per heavy atom. The van der Waals surface area contributed by atoms with E-state index in [1.54, 1.807) is 0 Å². The van der Waals surface area contributed by atoms with Crippen LogP contribution in [0.4, 0.5) is 23.2 Å². The molecule has 3 aromatic rings. The number of piperazine rings is 1. The Balaban J connectivity index is 1.54. The van der Waals surface area contributed by atoms with E-state index in [1.807, 2.05) is 6.92 Å². The lowest BCUT2D eigenvalue weighted by molar-refractivity contribution is -0.117. The average Bonchev–Trinajstić information content (AvgIpc) is 2.90. The third-order valence-corrected chi connectivity index (χ3v) is 8.78. The van der Waals surface area contributed by atoms with Gasteiger partial charge < -0.3 is 16.4 Å². The summed E-state index contributed by atoms with van der Waals surface area (Å²) in [7, 11) is -3.45. The summed E-state index contributed by atoms with van der Waals surface area (Å²) in [6.07, 6.45) is 4.45. The zero-order chi connectivity index (χ0) is 30.6. The van der Waals surface area contributed by atoms with E-state index in [4.69, 9.17) is 5.73 Å². The molecule has 0 aliphatic carbocycles. The number of halogens is 4. The van der Waals surface area contributed by atoms with Crippen LogP contribution < -0.4 is 16.4 Å². The first-order chi connectivity index (χ1) is 19.8.